The molecule has 4 N–H and O–H groups in total. The van der Waals surface area contributed by atoms with E-state index in [2.05, 4.69) is 77.4 Å². The van der Waals surface area contributed by atoms with Gasteiger partial charge < -0.3 is 29.4 Å². The van der Waals surface area contributed by atoms with Gasteiger partial charge in [0.05, 0.1) is 54.2 Å². The molecule has 3 aromatic rings. The van der Waals surface area contributed by atoms with Crippen LogP contribution < -0.4 is 0 Å². The van der Waals surface area contributed by atoms with Gasteiger partial charge >= 0.3 is 0 Å². The van der Waals surface area contributed by atoms with E-state index in [9.17, 15) is 29.7 Å². The fraction of sp³-hybridized carbons (Fsp3) is 0.842. The number of alkyl halides is 1. The molecule has 13 heteroatoms. The summed E-state index contributed by atoms with van der Waals surface area (Å²) in [6.45, 7) is 14.6. The van der Waals surface area contributed by atoms with Crippen molar-refractivity contribution in [1.29, 1.82) is 0 Å². The highest BCUT2D eigenvalue weighted by molar-refractivity contribution is 9.09. The summed E-state index contributed by atoms with van der Waals surface area (Å²) in [4.78, 5) is 54.1. The lowest BCUT2D eigenvalue weighted by molar-refractivity contribution is -0.137. The number of rotatable bonds is 8. The number of Topliss-reactive ketones (excluding diaryl/α,β-unsaturated/α-hetero) is 3. The van der Waals surface area contributed by atoms with Crippen molar-refractivity contribution >= 4 is 33.3 Å². The Morgan fingerprint density at radius 2 is 0.787 bits per heavy atom. The van der Waals surface area contributed by atoms with Crippen molar-refractivity contribution in [1.82, 2.24) is 29.1 Å². The molecule has 89 heavy (non-hydrogen) atoms. The van der Waals surface area contributed by atoms with Gasteiger partial charge in [-0.05, 0) is 315 Å². The molecule has 0 aliphatic heterocycles. The summed E-state index contributed by atoms with van der Waals surface area (Å²) < 4.78 is 3.92. The Hall–Kier alpha value is -3.00. The smallest absolute Gasteiger partial charge is 0.156 e. The highest BCUT2D eigenvalue weighted by Gasteiger charge is 2.74. The normalized spacial score (nSPS) is 51.5. The van der Waals surface area contributed by atoms with Gasteiger partial charge in [-0.2, -0.15) is 0 Å². The first-order valence-corrected chi connectivity index (χ1v) is 37.4. The summed E-state index contributed by atoms with van der Waals surface area (Å²) in [6, 6.07) is 0. The van der Waals surface area contributed by atoms with Crippen LogP contribution in [-0.2, 0) is 27.5 Å². The SMILES string of the molecule is C.C[C@@]1(O)CC[C@H]2[C@H](CC[C@@H]3[C@@H]2CC[C@@]2(C)[C@H]3[C@@H]3C[C@@H]3[C@@H]2C(=O)CBr)C1.C[C@@]1(O)CC[C@H]2[C@H](CC[C@@H]3[C@@H]2CC[C@@]2(C)[C@H]3[C@@H]3C[C@@H]3[C@@H]2C(=O)Cn2ccnc2)C1.C[C@@]1(O)CC[C@H]2[C@H](CC[C@@H]3[C@@H]2CC[C@@]2(C)[C@H]3[C@@H]3C[C@@H]3[C@@H]2C(=O)Cn2ccnc2)C1.c1c[nH]cn1. The summed E-state index contributed by atoms with van der Waals surface area (Å²) in [7, 11) is 0. The van der Waals surface area contributed by atoms with E-state index in [0.717, 1.165) is 145 Å². The number of hydrogen-bond donors (Lipinski definition) is 4. The van der Waals surface area contributed by atoms with Gasteiger partial charge in [-0.3, -0.25) is 14.4 Å². The summed E-state index contributed by atoms with van der Waals surface area (Å²) in [6.07, 6.45) is 45.4. The molecule has 12 nitrogen and oxygen atoms in total. The topological polar surface area (TPSA) is 176 Å². The minimum absolute atomic E-state index is 0. The molecule has 490 valence electrons. The molecule has 0 saturated heterocycles. The maximum absolute atomic E-state index is 13.4. The van der Waals surface area contributed by atoms with Crippen LogP contribution in [0.5, 0.6) is 0 Å². The van der Waals surface area contributed by atoms with Crippen molar-refractivity contribution in [3.63, 3.8) is 0 Å². The Morgan fingerprint density at radius 3 is 1.08 bits per heavy atom. The summed E-state index contributed by atoms with van der Waals surface area (Å²) in [5.41, 5.74) is -0.557. The Morgan fingerprint density at radius 1 is 0.438 bits per heavy atom. The van der Waals surface area contributed by atoms with Crippen LogP contribution in [0.15, 0.2) is 56.2 Å². The van der Waals surface area contributed by atoms with Gasteiger partial charge in [-0.15, -0.1) is 0 Å². The van der Waals surface area contributed by atoms with E-state index in [0.29, 0.717) is 59.4 Å². The summed E-state index contributed by atoms with van der Waals surface area (Å²) in [5, 5.41) is 32.3. The number of aromatic amines is 1. The van der Waals surface area contributed by atoms with Crippen LogP contribution in [-0.4, -0.2) is 83.9 Å². The molecule has 3 heterocycles. The quantitative estimate of drug-likeness (QED) is 0.160. The van der Waals surface area contributed by atoms with Crippen molar-refractivity contribution in [3.8, 4) is 0 Å². The fourth-order valence-electron chi connectivity index (χ4n) is 27.6. The lowest BCUT2D eigenvalue weighted by Gasteiger charge is -2.57. The second-order valence-electron chi connectivity index (χ2n) is 35.3. The highest BCUT2D eigenvalue weighted by Crippen LogP contribution is 2.78. The van der Waals surface area contributed by atoms with Crippen molar-refractivity contribution < 1.29 is 29.7 Å². The highest BCUT2D eigenvalue weighted by atomic mass is 79.9. The minimum Gasteiger partial charge on any atom is -0.390 e. The maximum atomic E-state index is 13.4. The van der Waals surface area contributed by atoms with E-state index in [-0.39, 0.29) is 35.5 Å². The summed E-state index contributed by atoms with van der Waals surface area (Å²) >= 11 is 3.46. The number of aromatic nitrogens is 6. The van der Waals surface area contributed by atoms with Crippen LogP contribution in [0.25, 0.3) is 0 Å². The van der Waals surface area contributed by atoms with Crippen molar-refractivity contribution in [2.24, 2.45) is 158 Å². The lowest BCUT2D eigenvalue weighted by Crippen LogP contribution is -2.52. The molecule has 0 unspecified atom stereocenters. The van der Waals surface area contributed by atoms with Crippen LogP contribution >= 0.6 is 15.9 Å². The minimum atomic E-state index is -0.434. The average Bonchev–Trinajstić information content (AvgIpc) is 1.55. The second-order valence-corrected chi connectivity index (χ2v) is 35.9. The lowest BCUT2D eigenvalue weighted by atomic mass is 9.48. The number of ketones is 3. The number of nitrogens with zero attached hydrogens (tertiary/aromatic N) is 5. The molecule has 0 spiro atoms. The Kier molecular flexibility index (Phi) is 16.7. The predicted molar refractivity (Wildman–Crippen MR) is 349 cm³/mol. The van der Waals surface area contributed by atoms with Gasteiger partial charge in [0.15, 0.2) is 11.6 Å². The number of nitrogens with one attached hydrogen (secondary N) is 1. The van der Waals surface area contributed by atoms with E-state index < -0.39 is 16.8 Å². The monoisotopic (exact) mass is 1280 g/mol. The van der Waals surface area contributed by atoms with Crippen molar-refractivity contribution in [2.45, 2.75) is 233 Å². The Balaban J connectivity index is 0.000000112. The first-order chi connectivity index (χ1) is 42.1. The standard InChI is InChI=1S/2C25H36N2O2.C22H33BrO2.C3H4N2.CH4/c2*1-24(29)7-5-16-15(12-24)3-4-18-17(16)6-8-25(2)22(18)19-11-20(19)23(25)21(28)13-27-10-9-26-14-27;1-21(25)7-5-13-12(10-21)3-4-15-14(13)6-8-22(2)19(15)16-9-17(16)20(22)18(24)11-23;1-2-5-3-4-1;/h2*9-10,14-20,22-23,29H,3-8,11-13H2,1-2H3;12-17,19-20,25H,3-11H2,1-2H3;1-3H,(H,4,5);1H4/t2*15-,16+,17-,18-,19-,20+,22-,23-,24-,25+;12-,13+,14-,15-,16-,17+,19-,20-,21-,22+;;/m111../s1. The number of carbonyl (C=O) groups is 3. The molecule has 15 aliphatic carbocycles. The van der Waals surface area contributed by atoms with Crippen LogP contribution in [0.1, 0.15) is 203 Å². The fourth-order valence-corrected chi connectivity index (χ4v) is 27.9. The van der Waals surface area contributed by atoms with Gasteiger partial charge in [0.2, 0.25) is 0 Å². The third-order valence-corrected chi connectivity index (χ3v) is 31.0. The number of imidazole rings is 3. The number of halogens is 1. The van der Waals surface area contributed by atoms with Crippen LogP contribution in [0.3, 0.4) is 0 Å². The van der Waals surface area contributed by atoms with Gasteiger partial charge in [-0.25, -0.2) is 15.0 Å². The molecule has 0 aromatic carbocycles. The van der Waals surface area contributed by atoms with Crippen molar-refractivity contribution in [2.75, 3.05) is 5.33 Å². The number of fused-ring (bicyclic) bond motifs is 21. The molecule has 0 amide bonds. The first-order valence-electron chi connectivity index (χ1n) is 36.3. The zero-order chi connectivity index (χ0) is 61.0. The second kappa shape index (κ2) is 23.4. The average molecular weight is 1290 g/mol. The summed E-state index contributed by atoms with van der Waals surface area (Å²) in [5.74, 6) is 19.0. The molecular formula is C76H113BrN6O6. The Bertz CT molecular complexity index is 2850. The molecule has 0 bridgehead atoms. The number of H-pyrrole nitrogens is 1. The van der Waals surface area contributed by atoms with Gasteiger partial charge in [0.1, 0.15) is 5.78 Å². The van der Waals surface area contributed by atoms with E-state index in [1.54, 1.807) is 43.8 Å². The third kappa shape index (κ3) is 11.1. The Labute approximate surface area is 541 Å². The predicted octanol–water partition coefficient (Wildman–Crippen LogP) is 14.5. The number of carbonyl (C=O) groups excluding carboxylic acids is 3. The zero-order valence-corrected chi connectivity index (χ0v) is 55.9. The molecule has 15 saturated carbocycles. The molecular weight excluding hydrogens is 1170 g/mol. The molecule has 3 aromatic heterocycles. The zero-order valence-electron chi connectivity index (χ0n) is 54.3. The van der Waals surface area contributed by atoms with Crippen molar-refractivity contribution in [3.05, 3.63) is 56.2 Å². The molecule has 15 fully saturated rings. The maximum Gasteiger partial charge on any atom is 0.156 e. The molecule has 0 radical (unpaired) electrons. The molecule has 18 rings (SSSR count). The number of hydrogen-bond acceptors (Lipinski definition) is 9. The van der Waals surface area contributed by atoms with Crippen LogP contribution in [0.4, 0.5) is 0 Å². The molecule has 15 aliphatic rings. The van der Waals surface area contributed by atoms with E-state index in [1.165, 1.54) is 116 Å². The molecule has 30 atom stereocenters. The van der Waals surface area contributed by atoms with Crippen LogP contribution in [0, 0.1) is 158 Å². The van der Waals surface area contributed by atoms with Gasteiger partial charge in [-0.1, -0.05) is 44.1 Å². The van der Waals surface area contributed by atoms with E-state index >= 15 is 0 Å². The van der Waals surface area contributed by atoms with Gasteiger partial charge in [0.25, 0.3) is 0 Å². The number of aliphatic hydroxyl groups is 3. The third-order valence-electron chi connectivity index (χ3n) is 30.4. The van der Waals surface area contributed by atoms with Crippen LogP contribution in [0.2, 0.25) is 0 Å². The largest absolute Gasteiger partial charge is 0.390 e. The van der Waals surface area contributed by atoms with E-state index in [1.807, 2.05) is 21.5 Å². The van der Waals surface area contributed by atoms with Gasteiger partial charge in [0, 0.05) is 54.9 Å². The first kappa shape index (κ1) is 63.4. The van der Waals surface area contributed by atoms with E-state index in [4.69, 9.17) is 0 Å².